The number of nitrogens with zero attached hydrogens (tertiary/aromatic N) is 1. The van der Waals surface area contributed by atoms with Crippen molar-refractivity contribution in [3.05, 3.63) is 63.5 Å². The molecule has 0 amide bonds. The largest absolute Gasteiger partial charge is 0.450 e. The number of hydrogen-bond acceptors (Lipinski definition) is 4. The normalized spacial score (nSPS) is 12.0. The zero-order chi connectivity index (χ0) is 15.6. The van der Waals surface area contributed by atoms with Crippen LogP contribution in [0.4, 0.5) is 10.1 Å². The van der Waals surface area contributed by atoms with Crippen molar-refractivity contribution in [1.82, 2.24) is 0 Å². The predicted molar refractivity (Wildman–Crippen MR) is 74.9 cm³/mol. The Morgan fingerprint density at radius 1 is 1.24 bits per heavy atom. The molecule has 2 aromatic rings. The van der Waals surface area contributed by atoms with Crippen molar-refractivity contribution in [3.63, 3.8) is 0 Å². The van der Waals surface area contributed by atoms with Crippen molar-refractivity contribution in [2.24, 2.45) is 0 Å². The van der Waals surface area contributed by atoms with Crippen LogP contribution in [0.5, 0.6) is 11.5 Å². The number of aryl methyl sites for hydroxylation is 1. The molecule has 1 N–H and O–H groups in total. The number of nitro groups is 1. The molecule has 0 saturated heterocycles. The lowest BCUT2D eigenvalue weighted by molar-refractivity contribution is -0.385. The van der Waals surface area contributed by atoms with Crippen molar-refractivity contribution in [2.45, 2.75) is 20.0 Å². The maximum absolute atomic E-state index is 13.0. The number of aliphatic hydroxyl groups is 1. The van der Waals surface area contributed by atoms with Crippen LogP contribution in [0.15, 0.2) is 36.4 Å². The second-order valence-corrected chi connectivity index (χ2v) is 4.67. The maximum Gasteiger partial charge on any atom is 0.311 e. The molecule has 6 heteroatoms. The molecule has 5 nitrogen and oxygen atoms in total. The van der Waals surface area contributed by atoms with Gasteiger partial charge in [0.05, 0.1) is 11.0 Å². The zero-order valence-electron chi connectivity index (χ0n) is 11.5. The standard InChI is InChI=1S/C15H14FNO4/c1-9-7-12(16)4-6-14(9)21-15-5-3-11(10(2)18)8-13(15)17(19)20/h3-8,10,18H,1-2H3. The molecule has 0 spiro atoms. The number of ether oxygens (including phenoxy) is 1. The first kappa shape index (κ1) is 14.9. The van der Waals surface area contributed by atoms with Gasteiger partial charge < -0.3 is 9.84 Å². The highest BCUT2D eigenvalue weighted by Crippen LogP contribution is 2.34. The fourth-order valence-corrected chi connectivity index (χ4v) is 1.87. The van der Waals surface area contributed by atoms with Crippen LogP contribution in [0.1, 0.15) is 24.2 Å². The summed E-state index contributed by atoms with van der Waals surface area (Å²) < 4.78 is 18.5. The van der Waals surface area contributed by atoms with Crippen LogP contribution in [0.3, 0.4) is 0 Å². The van der Waals surface area contributed by atoms with E-state index in [9.17, 15) is 19.6 Å². The fourth-order valence-electron chi connectivity index (χ4n) is 1.87. The monoisotopic (exact) mass is 291 g/mol. The fraction of sp³-hybridized carbons (Fsp3) is 0.200. The summed E-state index contributed by atoms with van der Waals surface area (Å²) >= 11 is 0. The Morgan fingerprint density at radius 3 is 2.48 bits per heavy atom. The highest BCUT2D eigenvalue weighted by Gasteiger charge is 2.19. The van der Waals surface area contributed by atoms with Gasteiger partial charge in [-0.15, -0.1) is 0 Å². The highest BCUT2D eigenvalue weighted by atomic mass is 19.1. The lowest BCUT2D eigenvalue weighted by Gasteiger charge is -2.11. The SMILES string of the molecule is Cc1cc(F)ccc1Oc1ccc(C(C)O)cc1[N+](=O)[O-]. The van der Waals surface area contributed by atoms with Crippen LogP contribution in [-0.2, 0) is 0 Å². The minimum absolute atomic E-state index is 0.0408. The molecule has 1 unspecified atom stereocenters. The molecular weight excluding hydrogens is 277 g/mol. The smallest absolute Gasteiger partial charge is 0.311 e. The van der Waals surface area contributed by atoms with E-state index < -0.39 is 16.8 Å². The van der Waals surface area contributed by atoms with Gasteiger partial charge in [-0.25, -0.2) is 4.39 Å². The number of rotatable bonds is 4. The lowest BCUT2D eigenvalue weighted by atomic mass is 10.1. The molecule has 2 aromatic carbocycles. The van der Waals surface area contributed by atoms with Gasteiger partial charge in [-0.1, -0.05) is 6.07 Å². The van der Waals surface area contributed by atoms with Crippen molar-refractivity contribution in [2.75, 3.05) is 0 Å². The first-order valence-electron chi connectivity index (χ1n) is 6.29. The van der Waals surface area contributed by atoms with E-state index >= 15 is 0 Å². The average molecular weight is 291 g/mol. The van der Waals surface area contributed by atoms with Crippen LogP contribution in [-0.4, -0.2) is 10.0 Å². The van der Waals surface area contributed by atoms with Crippen LogP contribution >= 0.6 is 0 Å². The lowest BCUT2D eigenvalue weighted by Crippen LogP contribution is -1.98. The van der Waals surface area contributed by atoms with Gasteiger partial charge in [-0.05, 0) is 49.2 Å². The second kappa shape index (κ2) is 5.88. The zero-order valence-corrected chi connectivity index (χ0v) is 11.5. The summed E-state index contributed by atoms with van der Waals surface area (Å²) in [4.78, 5) is 10.5. The summed E-state index contributed by atoms with van der Waals surface area (Å²) in [5.41, 5.74) is 0.700. The van der Waals surface area contributed by atoms with E-state index in [1.54, 1.807) is 13.0 Å². The summed E-state index contributed by atoms with van der Waals surface area (Å²) in [5.74, 6) is -0.0257. The molecular formula is C15H14FNO4. The Hall–Kier alpha value is -2.47. The number of nitro benzene ring substituents is 1. The van der Waals surface area contributed by atoms with E-state index in [2.05, 4.69) is 0 Å². The average Bonchev–Trinajstić information content (AvgIpc) is 2.41. The van der Waals surface area contributed by atoms with E-state index in [1.807, 2.05) is 0 Å². The van der Waals surface area contributed by atoms with Crippen molar-refractivity contribution in [1.29, 1.82) is 0 Å². The van der Waals surface area contributed by atoms with E-state index in [4.69, 9.17) is 4.74 Å². The van der Waals surface area contributed by atoms with Gasteiger partial charge >= 0.3 is 5.69 Å². The molecule has 110 valence electrons. The number of benzene rings is 2. The molecule has 21 heavy (non-hydrogen) atoms. The van der Waals surface area contributed by atoms with E-state index in [-0.39, 0.29) is 11.4 Å². The molecule has 1 atom stereocenters. The van der Waals surface area contributed by atoms with Crippen molar-refractivity contribution >= 4 is 5.69 Å². The third kappa shape index (κ3) is 3.35. The first-order chi connectivity index (χ1) is 9.88. The van der Waals surface area contributed by atoms with Gasteiger partial charge in [0, 0.05) is 6.07 Å². The third-order valence-electron chi connectivity index (χ3n) is 3.02. The molecule has 0 fully saturated rings. The van der Waals surface area contributed by atoms with Crippen LogP contribution < -0.4 is 4.74 Å². The van der Waals surface area contributed by atoms with Gasteiger partial charge in [-0.3, -0.25) is 10.1 Å². The Bertz CT molecular complexity index is 685. The summed E-state index contributed by atoms with van der Waals surface area (Å²) in [6, 6.07) is 8.15. The maximum atomic E-state index is 13.0. The van der Waals surface area contributed by atoms with E-state index in [1.165, 1.54) is 37.3 Å². The van der Waals surface area contributed by atoms with Crippen LogP contribution in [0.2, 0.25) is 0 Å². The molecule has 0 bridgehead atoms. The van der Waals surface area contributed by atoms with Gasteiger partial charge in [-0.2, -0.15) is 0 Å². The summed E-state index contributed by atoms with van der Waals surface area (Å²) in [6.07, 6.45) is -0.815. The molecule has 0 aliphatic heterocycles. The summed E-state index contributed by atoms with van der Waals surface area (Å²) in [5, 5.41) is 20.6. The Labute approximate surface area is 120 Å². The molecule has 0 radical (unpaired) electrons. The minimum atomic E-state index is -0.815. The van der Waals surface area contributed by atoms with Gasteiger partial charge in [0.2, 0.25) is 5.75 Å². The van der Waals surface area contributed by atoms with Gasteiger partial charge in [0.1, 0.15) is 11.6 Å². The molecule has 0 aliphatic carbocycles. The van der Waals surface area contributed by atoms with Crippen molar-refractivity contribution in [3.8, 4) is 11.5 Å². The summed E-state index contributed by atoms with van der Waals surface area (Å²) in [7, 11) is 0. The highest BCUT2D eigenvalue weighted by molar-refractivity contribution is 5.51. The molecule has 0 aliphatic rings. The Morgan fingerprint density at radius 2 is 1.90 bits per heavy atom. The van der Waals surface area contributed by atoms with Gasteiger partial charge in [0.15, 0.2) is 0 Å². The van der Waals surface area contributed by atoms with E-state index in [0.717, 1.165) is 0 Å². The predicted octanol–water partition coefficient (Wildman–Crippen LogP) is 3.89. The van der Waals surface area contributed by atoms with Crippen LogP contribution in [0, 0.1) is 22.9 Å². The van der Waals surface area contributed by atoms with Crippen molar-refractivity contribution < 1.29 is 19.2 Å². The quantitative estimate of drug-likeness (QED) is 0.685. The van der Waals surface area contributed by atoms with Crippen LogP contribution in [0.25, 0.3) is 0 Å². The number of halogens is 1. The third-order valence-corrected chi connectivity index (χ3v) is 3.02. The van der Waals surface area contributed by atoms with Gasteiger partial charge in [0.25, 0.3) is 0 Å². The molecule has 2 rings (SSSR count). The molecule has 0 aromatic heterocycles. The summed E-state index contributed by atoms with van der Waals surface area (Å²) in [6.45, 7) is 3.16. The molecule has 0 saturated carbocycles. The topological polar surface area (TPSA) is 72.6 Å². The Kier molecular flexibility index (Phi) is 4.18. The Balaban J connectivity index is 2.41. The molecule has 0 heterocycles. The number of aliphatic hydroxyl groups excluding tert-OH is 1. The number of hydrogen-bond donors (Lipinski definition) is 1. The first-order valence-corrected chi connectivity index (χ1v) is 6.29. The minimum Gasteiger partial charge on any atom is -0.450 e. The van der Waals surface area contributed by atoms with E-state index in [0.29, 0.717) is 16.9 Å². The second-order valence-electron chi connectivity index (χ2n) is 4.67.